The molecule has 1 aliphatic rings. The Morgan fingerprint density at radius 2 is 1.94 bits per heavy atom. The van der Waals surface area contributed by atoms with Gasteiger partial charge in [0.1, 0.15) is 5.82 Å². The summed E-state index contributed by atoms with van der Waals surface area (Å²) < 4.78 is 28.5. The van der Waals surface area contributed by atoms with Crippen molar-refractivity contribution in [1.82, 2.24) is 30.5 Å². The summed E-state index contributed by atoms with van der Waals surface area (Å²) in [6.45, 7) is 6.41. The fourth-order valence-corrected chi connectivity index (χ4v) is 3.19. The first-order valence-electron chi connectivity index (χ1n) is 9.70. The molecule has 4 N–H and O–H groups in total. The first-order valence-corrected chi connectivity index (χ1v) is 9.70. The summed E-state index contributed by atoms with van der Waals surface area (Å²) in [6, 6.07) is 4.27. The zero-order valence-electron chi connectivity index (χ0n) is 17.1. The minimum absolute atomic E-state index is 0. The molecule has 3 aromatic heterocycles. The Morgan fingerprint density at radius 1 is 1.16 bits per heavy atom. The highest BCUT2D eigenvalue weighted by Crippen LogP contribution is 2.28. The van der Waals surface area contributed by atoms with Crippen LogP contribution in [-0.4, -0.2) is 51.3 Å². The van der Waals surface area contributed by atoms with Crippen molar-refractivity contribution in [3.05, 3.63) is 47.4 Å². The topological polar surface area (TPSA) is 107 Å². The van der Waals surface area contributed by atoms with E-state index in [-0.39, 0.29) is 30.0 Å². The Hall–Kier alpha value is -3.05. The normalized spacial score (nSPS) is 14.6. The third-order valence-electron chi connectivity index (χ3n) is 4.74. The molecule has 4 heterocycles. The second kappa shape index (κ2) is 9.84. The maximum absolute atomic E-state index is 15.3. The van der Waals surface area contributed by atoms with Gasteiger partial charge in [0.05, 0.1) is 17.9 Å². The monoisotopic (exact) mass is 451 g/mol. The van der Waals surface area contributed by atoms with Crippen molar-refractivity contribution in [1.29, 1.82) is 0 Å². The number of halogens is 3. The highest BCUT2D eigenvalue weighted by atomic mass is 35.5. The highest BCUT2D eigenvalue weighted by Gasteiger charge is 2.23. The van der Waals surface area contributed by atoms with Crippen molar-refractivity contribution in [3.63, 3.8) is 0 Å². The molecule has 0 bridgehead atoms. The average molecular weight is 452 g/mol. The molecular weight excluding hydrogens is 428 g/mol. The zero-order valence-corrected chi connectivity index (χ0v) is 17.9. The number of piperazine rings is 1. The molecule has 1 fully saturated rings. The molecule has 1 aliphatic heterocycles. The molecule has 0 aliphatic carbocycles. The second-order valence-corrected chi connectivity index (χ2v) is 7.10. The number of anilines is 4. The summed E-state index contributed by atoms with van der Waals surface area (Å²) in [5, 5.41) is 16.2. The molecule has 0 spiro atoms. The molecule has 0 amide bonds. The van der Waals surface area contributed by atoms with E-state index in [0.717, 1.165) is 25.0 Å². The molecule has 0 aromatic carbocycles. The Morgan fingerprint density at radius 3 is 2.58 bits per heavy atom. The number of hydrogen-bond acceptors (Lipinski definition) is 8. The number of rotatable bonds is 6. The van der Waals surface area contributed by atoms with E-state index in [2.05, 4.69) is 41.1 Å². The molecule has 0 unspecified atom stereocenters. The quantitative estimate of drug-likeness (QED) is 0.453. The summed E-state index contributed by atoms with van der Waals surface area (Å²) >= 11 is 0. The number of aromatic amines is 1. The van der Waals surface area contributed by atoms with E-state index >= 15 is 4.39 Å². The largest absolute Gasteiger partial charge is 0.359 e. The van der Waals surface area contributed by atoms with E-state index in [1.54, 1.807) is 19.1 Å². The van der Waals surface area contributed by atoms with Gasteiger partial charge in [0.2, 0.25) is 11.8 Å². The predicted molar refractivity (Wildman–Crippen MR) is 117 cm³/mol. The van der Waals surface area contributed by atoms with Gasteiger partial charge in [-0.05, 0) is 26.0 Å². The van der Waals surface area contributed by atoms with E-state index in [9.17, 15) is 4.39 Å². The summed E-state index contributed by atoms with van der Waals surface area (Å²) in [5.74, 6) is 0.0215. The minimum Gasteiger partial charge on any atom is -0.359 e. The molecule has 4 rings (SSSR count). The van der Waals surface area contributed by atoms with Gasteiger partial charge < -0.3 is 20.9 Å². The molecule has 9 nitrogen and oxygen atoms in total. The summed E-state index contributed by atoms with van der Waals surface area (Å²) in [4.78, 5) is 14.6. The van der Waals surface area contributed by atoms with Gasteiger partial charge in [0.25, 0.3) is 0 Å². The van der Waals surface area contributed by atoms with Gasteiger partial charge in [-0.1, -0.05) is 0 Å². The Balaban J connectivity index is 0.00000272. The Labute approximate surface area is 184 Å². The van der Waals surface area contributed by atoms with Crippen molar-refractivity contribution < 1.29 is 8.78 Å². The van der Waals surface area contributed by atoms with Crippen molar-refractivity contribution in [2.45, 2.75) is 19.9 Å². The molecule has 3 aromatic rings. The number of nitrogens with one attached hydrogen (secondary N) is 4. The van der Waals surface area contributed by atoms with Crippen LogP contribution in [0.25, 0.3) is 0 Å². The van der Waals surface area contributed by atoms with Crippen LogP contribution in [-0.2, 0) is 0 Å². The van der Waals surface area contributed by atoms with Gasteiger partial charge in [-0.3, -0.25) is 10.1 Å². The molecule has 1 atom stereocenters. The SMILES string of the molecule is Cc1cc(Nc2nc(N[C@@H](C)c3ccc(F)cn3)c(F)c(N3CCNCC3)n2)n[nH]1.Cl. The zero-order chi connectivity index (χ0) is 21.1. The lowest BCUT2D eigenvalue weighted by Gasteiger charge is -2.29. The third kappa shape index (κ3) is 5.36. The van der Waals surface area contributed by atoms with E-state index in [1.807, 2.05) is 11.8 Å². The third-order valence-corrected chi connectivity index (χ3v) is 4.74. The lowest BCUT2D eigenvalue weighted by atomic mass is 10.2. The van der Waals surface area contributed by atoms with Crippen molar-refractivity contribution in [3.8, 4) is 0 Å². The lowest BCUT2D eigenvalue weighted by molar-refractivity contribution is 0.556. The van der Waals surface area contributed by atoms with Crippen LogP contribution in [0.15, 0.2) is 24.4 Å². The fourth-order valence-electron chi connectivity index (χ4n) is 3.19. The summed E-state index contributed by atoms with van der Waals surface area (Å²) in [5.41, 5.74) is 1.44. The molecule has 0 radical (unpaired) electrons. The molecule has 1 saturated heterocycles. The van der Waals surface area contributed by atoms with Crippen LogP contribution in [0.1, 0.15) is 24.4 Å². The van der Waals surface area contributed by atoms with Gasteiger partial charge in [0.15, 0.2) is 17.5 Å². The van der Waals surface area contributed by atoms with Gasteiger partial charge in [-0.25, -0.2) is 4.39 Å². The van der Waals surface area contributed by atoms with Gasteiger partial charge >= 0.3 is 0 Å². The van der Waals surface area contributed by atoms with Crippen LogP contribution in [0.2, 0.25) is 0 Å². The highest BCUT2D eigenvalue weighted by molar-refractivity contribution is 5.85. The number of pyridine rings is 1. The van der Waals surface area contributed by atoms with Gasteiger partial charge in [-0.15, -0.1) is 12.4 Å². The van der Waals surface area contributed by atoms with Gasteiger partial charge in [0, 0.05) is 37.9 Å². The van der Waals surface area contributed by atoms with E-state index < -0.39 is 17.7 Å². The van der Waals surface area contributed by atoms with Crippen LogP contribution in [0.5, 0.6) is 0 Å². The number of hydrogen-bond donors (Lipinski definition) is 4. The van der Waals surface area contributed by atoms with Crippen molar-refractivity contribution in [2.24, 2.45) is 0 Å². The molecule has 0 saturated carbocycles. The average Bonchev–Trinajstić information content (AvgIpc) is 3.16. The molecular formula is C19H24ClF2N9. The van der Waals surface area contributed by atoms with Crippen LogP contribution >= 0.6 is 12.4 Å². The Kier molecular flexibility index (Phi) is 7.18. The first kappa shape index (κ1) is 22.6. The van der Waals surface area contributed by atoms with E-state index in [1.165, 1.54) is 6.07 Å². The van der Waals surface area contributed by atoms with Crippen LogP contribution in [0.4, 0.5) is 32.2 Å². The maximum atomic E-state index is 15.3. The summed E-state index contributed by atoms with van der Waals surface area (Å²) in [6.07, 6.45) is 1.13. The standard InChI is InChI=1S/C19H23F2N9.ClH/c1-11-9-15(29-28-11)25-19-26-17(24-12(2)14-4-3-13(20)10-23-14)16(21)18(27-19)30-7-5-22-6-8-30;/h3-4,9-10,12,22H,5-8H2,1-2H3,(H3,24,25,26,27,28,29);1H/t12-;/m0./s1. The lowest BCUT2D eigenvalue weighted by Crippen LogP contribution is -2.44. The van der Waals surface area contributed by atoms with Gasteiger partial charge in [-0.2, -0.15) is 19.5 Å². The van der Waals surface area contributed by atoms with Crippen molar-refractivity contribution >= 4 is 35.8 Å². The molecule has 31 heavy (non-hydrogen) atoms. The van der Waals surface area contributed by atoms with Crippen LogP contribution in [0.3, 0.4) is 0 Å². The van der Waals surface area contributed by atoms with Crippen LogP contribution in [0, 0.1) is 18.6 Å². The molecule has 12 heteroatoms. The van der Waals surface area contributed by atoms with Crippen molar-refractivity contribution in [2.75, 3.05) is 41.7 Å². The van der Waals surface area contributed by atoms with E-state index in [0.29, 0.717) is 24.6 Å². The Bertz CT molecular complexity index is 1010. The molecule has 166 valence electrons. The fraction of sp³-hybridized carbons (Fsp3) is 0.368. The second-order valence-electron chi connectivity index (χ2n) is 7.10. The first-order chi connectivity index (χ1) is 14.5. The smallest absolute Gasteiger partial charge is 0.232 e. The number of H-pyrrole nitrogens is 1. The predicted octanol–water partition coefficient (Wildman–Crippen LogP) is 2.93. The minimum atomic E-state index is -0.547. The number of aryl methyl sites for hydroxylation is 1. The number of aromatic nitrogens is 5. The van der Waals surface area contributed by atoms with E-state index in [4.69, 9.17) is 0 Å². The maximum Gasteiger partial charge on any atom is 0.232 e. The summed E-state index contributed by atoms with van der Waals surface area (Å²) in [7, 11) is 0. The van der Waals surface area contributed by atoms with Crippen LogP contribution < -0.4 is 20.9 Å². The number of nitrogens with zero attached hydrogens (tertiary/aromatic N) is 5.